The number of anilines is 1. The second kappa shape index (κ2) is 6.20. The molecule has 0 atom stereocenters. The third kappa shape index (κ3) is 2.87. The third-order valence-electron chi connectivity index (χ3n) is 4.12. The number of para-hydroxylation sites is 1. The van der Waals surface area contributed by atoms with Crippen molar-refractivity contribution in [3.8, 4) is 5.69 Å². The molecule has 25 heavy (non-hydrogen) atoms. The number of benzene rings is 3. The quantitative estimate of drug-likeness (QED) is 0.576. The van der Waals surface area contributed by atoms with Crippen LogP contribution in [0.1, 0.15) is 10.5 Å². The first kappa shape index (κ1) is 15.1. The van der Waals surface area contributed by atoms with E-state index in [0.29, 0.717) is 5.69 Å². The van der Waals surface area contributed by atoms with E-state index in [0.717, 1.165) is 22.1 Å². The molecule has 0 aliphatic heterocycles. The summed E-state index contributed by atoms with van der Waals surface area (Å²) < 4.78 is 0. The number of fused-ring (bicyclic) bond motifs is 1. The van der Waals surface area contributed by atoms with E-state index in [1.165, 1.54) is 11.0 Å². The van der Waals surface area contributed by atoms with E-state index in [9.17, 15) is 4.79 Å². The molecule has 122 valence electrons. The molecule has 5 nitrogen and oxygen atoms in total. The van der Waals surface area contributed by atoms with Crippen molar-refractivity contribution in [3.05, 3.63) is 84.7 Å². The van der Waals surface area contributed by atoms with Crippen LogP contribution in [0.4, 0.5) is 5.69 Å². The monoisotopic (exact) mass is 328 g/mol. The second-order valence-electron chi connectivity index (χ2n) is 5.75. The van der Waals surface area contributed by atoms with E-state index >= 15 is 0 Å². The molecule has 5 heteroatoms. The van der Waals surface area contributed by atoms with Gasteiger partial charge in [-0.1, -0.05) is 48.5 Å². The third-order valence-corrected chi connectivity index (χ3v) is 4.12. The van der Waals surface area contributed by atoms with Crippen LogP contribution in [0.2, 0.25) is 0 Å². The zero-order valence-corrected chi connectivity index (χ0v) is 13.7. The normalized spacial score (nSPS) is 10.8. The highest BCUT2D eigenvalue weighted by Crippen LogP contribution is 2.22. The van der Waals surface area contributed by atoms with Crippen LogP contribution in [-0.2, 0) is 0 Å². The molecule has 0 unspecified atom stereocenters. The number of carbonyl (C=O) groups excluding carboxylic acids is 1. The van der Waals surface area contributed by atoms with Crippen molar-refractivity contribution in [2.75, 3.05) is 11.9 Å². The fourth-order valence-electron chi connectivity index (χ4n) is 2.72. The molecule has 0 spiro atoms. The highest BCUT2D eigenvalue weighted by molar-refractivity contribution is 6.05. The zero-order chi connectivity index (χ0) is 17.2. The standard InChI is InChI=1S/C20H16N4O/c1-23(18-12-11-15-7-5-6-8-16(15)13-18)20(25)19-14-21-24(22-19)17-9-3-2-4-10-17/h2-14H,1H3. The summed E-state index contributed by atoms with van der Waals surface area (Å²) in [5, 5.41) is 10.7. The van der Waals surface area contributed by atoms with Gasteiger partial charge in [0, 0.05) is 12.7 Å². The molecule has 0 radical (unpaired) electrons. The minimum Gasteiger partial charge on any atom is -0.310 e. The molecule has 0 fully saturated rings. The van der Waals surface area contributed by atoms with Crippen LogP contribution in [0, 0.1) is 0 Å². The number of rotatable bonds is 3. The molecule has 0 saturated heterocycles. The predicted molar refractivity (Wildman–Crippen MR) is 98.0 cm³/mol. The van der Waals surface area contributed by atoms with Crippen LogP contribution in [0.5, 0.6) is 0 Å². The van der Waals surface area contributed by atoms with Crippen LogP contribution < -0.4 is 4.90 Å². The molecule has 0 N–H and O–H groups in total. The van der Waals surface area contributed by atoms with Crippen LogP contribution in [0.3, 0.4) is 0 Å². The Labute approximate surface area is 145 Å². The lowest BCUT2D eigenvalue weighted by Gasteiger charge is -2.16. The van der Waals surface area contributed by atoms with E-state index in [4.69, 9.17) is 0 Å². The van der Waals surface area contributed by atoms with Gasteiger partial charge in [-0.05, 0) is 35.0 Å². The lowest BCUT2D eigenvalue weighted by Crippen LogP contribution is -2.26. The number of nitrogens with zero attached hydrogens (tertiary/aromatic N) is 4. The van der Waals surface area contributed by atoms with Gasteiger partial charge >= 0.3 is 0 Å². The molecule has 0 aliphatic carbocycles. The molecule has 1 heterocycles. The Kier molecular flexibility index (Phi) is 3.74. The Morgan fingerprint density at radius 2 is 1.64 bits per heavy atom. The highest BCUT2D eigenvalue weighted by atomic mass is 16.2. The van der Waals surface area contributed by atoms with Crippen molar-refractivity contribution in [2.24, 2.45) is 0 Å². The smallest absolute Gasteiger partial charge is 0.280 e. The van der Waals surface area contributed by atoms with E-state index < -0.39 is 0 Å². The fraction of sp³-hybridized carbons (Fsp3) is 0.0500. The summed E-state index contributed by atoms with van der Waals surface area (Å²) in [6, 6.07) is 23.5. The zero-order valence-electron chi connectivity index (χ0n) is 13.7. The van der Waals surface area contributed by atoms with Crippen molar-refractivity contribution in [2.45, 2.75) is 0 Å². The maximum absolute atomic E-state index is 12.7. The van der Waals surface area contributed by atoms with Gasteiger partial charge in [-0.2, -0.15) is 9.90 Å². The van der Waals surface area contributed by atoms with Gasteiger partial charge in [0.2, 0.25) is 0 Å². The molecule has 1 aromatic heterocycles. The number of amides is 1. The Bertz CT molecular complexity index is 1040. The lowest BCUT2D eigenvalue weighted by atomic mass is 10.1. The Morgan fingerprint density at radius 3 is 2.44 bits per heavy atom. The SMILES string of the molecule is CN(C(=O)c1cnn(-c2ccccc2)n1)c1ccc2ccccc2c1. The number of carbonyl (C=O) groups is 1. The average Bonchev–Trinajstić information content (AvgIpc) is 3.17. The fourth-order valence-corrected chi connectivity index (χ4v) is 2.72. The molecule has 3 aromatic carbocycles. The summed E-state index contributed by atoms with van der Waals surface area (Å²) in [7, 11) is 1.74. The van der Waals surface area contributed by atoms with E-state index in [-0.39, 0.29) is 5.91 Å². The highest BCUT2D eigenvalue weighted by Gasteiger charge is 2.17. The van der Waals surface area contributed by atoms with Gasteiger partial charge in [0.1, 0.15) is 0 Å². The van der Waals surface area contributed by atoms with Gasteiger partial charge in [-0.15, -0.1) is 5.10 Å². The molecule has 0 saturated carbocycles. The first-order valence-corrected chi connectivity index (χ1v) is 7.97. The molecule has 0 bridgehead atoms. The van der Waals surface area contributed by atoms with Crippen molar-refractivity contribution in [1.29, 1.82) is 0 Å². The first-order valence-electron chi connectivity index (χ1n) is 7.97. The van der Waals surface area contributed by atoms with Gasteiger partial charge in [-0.3, -0.25) is 4.79 Å². The van der Waals surface area contributed by atoms with Crippen LogP contribution >= 0.6 is 0 Å². The van der Waals surface area contributed by atoms with Crippen LogP contribution in [0.25, 0.3) is 16.5 Å². The van der Waals surface area contributed by atoms with Crippen molar-refractivity contribution in [1.82, 2.24) is 15.0 Å². The Hall–Kier alpha value is -3.47. The summed E-state index contributed by atoms with van der Waals surface area (Å²) in [5.41, 5.74) is 1.94. The maximum Gasteiger partial charge on any atom is 0.280 e. The topological polar surface area (TPSA) is 51.0 Å². The van der Waals surface area contributed by atoms with Crippen LogP contribution in [-0.4, -0.2) is 27.9 Å². The largest absolute Gasteiger partial charge is 0.310 e. The number of hydrogen-bond donors (Lipinski definition) is 0. The minimum absolute atomic E-state index is 0.197. The van der Waals surface area contributed by atoms with Gasteiger partial charge in [-0.25, -0.2) is 0 Å². The number of hydrogen-bond acceptors (Lipinski definition) is 3. The molecule has 4 rings (SSSR count). The lowest BCUT2D eigenvalue weighted by molar-refractivity contribution is 0.0988. The maximum atomic E-state index is 12.7. The van der Waals surface area contributed by atoms with E-state index in [1.54, 1.807) is 11.9 Å². The average molecular weight is 328 g/mol. The molecule has 0 aliphatic rings. The van der Waals surface area contributed by atoms with Crippen molar-refractivity contribution >= 4 is 22.4 Å². The van der Waals surface area contributed by atoms with Crippen molar-refractivity contribution < 1.29 is 4.79 Å². The van der Waals surface area contributed by atoms with Gasteiger partial charge < -0.3 is 4.90 Å². The Morgan fingerprint density at radius 1 is 0.920 bits per heavy atom. The summed E-state index contributed by atoms with van der Waals surface area (Å²) in [6.45, 7) is 0. The predicted octanol–water partition coefficient (Wildman–Crippen LogP) is 3.70. The van der Waals surface area contributed by atoms with Crippen molar-refractivity contribution in [3.63, 3.8) is 0 Å². The summed E-state index contributed by atoms with van der Waals surface area (Å²) in [6.07, 6.45) is 1.49. The van der Waals surface area contributed by atoms with Gasteiger partial charge in [0.05, 0.1) is 11.9 Å². The molecular formula is C20H16N4O. The summed E-state index contributed by atoms with van der Waals surface area (Å²) in [5.74, 6) is -0.197. The molecule has 4 aromatic rings. The minimum atomic E-state index is -0.197. The van der Waals surface area contributed by atoms with E-state index in [2.05, 4.69) is 10.2 Å². The Balaban J connectivity index is 1.62. The first-order chi connectivity index (χ1) is 12.2. The number of aromatic nitrogens is 3. The second-order valence-corrected chi connectivity index (χ2v) is 5.75. The summed E-state index contributed by atoms with van der Waals surface area (Å²) in [4.78, 5) is 15.8. The summed E-state index contributed by atoms with van der Waals surface area (Å²) >= 11 is 0. The van der Waals surface area contributed by atoms with E-state index in [1.807, 2.05) is 72.8 Å². The van der Waals surface area contributed by atoms with Gasteiger partial charge in [0.25, 0.3) is 5.91 Å². The van der Waals surface area contributed by atoms with Gasteiger partial charge in [0.15, 0.2) is 5.69 Å². The molecule has 1 amide bonds. The molecular weight excluding hydrogens is 312 g/mol. The van der Waals surface area contributed by atoms with Crippen LogP contribution in [0.15, 0.2) is 79.0 Å².